The average Bonchev–Trinajstić information content (AvgIpc) is 3.21. The molecule has 0 aliphatic carbocycles. The number of benzene rings is 1. The molecule has 7 heteroatoms. The van der Waals surface area contributed by atoms with E-state index in [0.717, 1.165) is 44.4 Å². The van der Waals surface area contributed by atoms with Gasteiger partial charge in [-0.25, -0.2) is 4.99 Å². The molecule has 1 aliphatic heterocycles. The number of piperidine rings is 1. The number of nitrogens with one attached hydrogen (secondary N) is 2. The average molecular weight is 398 g/mol. The fourth-order valence-corrected chi connectivity index (χ4v) is 3.67. The summed E-state index contributed by atoms with van der Waals surface area (Å²) in [6, 6.07) is 8.91. The summed E-state index contributed by atoms with van der Waals surface area (Å²) in [5.74, 6) is 1.86. The van der Waals surface area contributed by atoms with E-state index in [-0.39, 0.29) is 0 Å². The molecule has 2 aromatic rings. The van der Waals surface area contributed by atoms with Crippen LogP contribution in [0.4, 0.5) is 0 Å². The number of guanidine groups is 1. The fraction of sp³-hybridized carbons (Fsp3) is 0.591. The van der Waals surface area contributed by atoms with E-state index in [2.05, 4.69) is 68.4 Å². The second-order valence-corrected chi connectivity index (χ2v) is 7.57. The van der Waals surface area contributed by atoms with Gasteiger partial charge < -0.3 is 15.2 Å². The van der Waals surface area contributed by atoms with Crippen molar-refractivity contribution in [2.45, 2.75) is 59.2 Å². The molecule has 0 amide bonds. The van der Waals surface area contributed by atoms with Crippen LogP contribution in [-0.2, 0) is 26.1 Å². The fourth-order valence-electron chi connectivity index (χ4n) is 3.67. The van der Waals surface area contributed by atoms with Crippen LogP contribution in [0.25, 0.3) is 0 Å². The SMILES string of the molecule is CCNC(=NCc1ccc(CN2CCCCC2)cc1)NCCn1cnnc1CC. The van der Waals surface area contributed by atoms with Crippen molar-refractivity contribution in [2.24, 2.45) is 4.99 Å². The minimum atomic E-state index is 0.673. The number of hydrogen-bond acceptors (Lipinski definition) is 4. The molecule has 158 valence electrons. The first kappa shape index (κ1) is 21.3. The predicted molar refractivity (Wildman–Crippen MR) is 118 cm³/mol. The summed E-state index contributed by atoms with van der Waals surface area (Å²) in [4.78, 5) is 7.29. The molecule has 0 bridgehead atoms. The van der Waals surface area contributed by atoms with Gasteiger partial charge in [-0.2, -0.15) is 0 Å². The quantitative estimate of drug-likeness (QED) is 0.503. The summed E-state index contributed by atoms with van der Waals surface area (Å²) in [7, 11) is 0. The minimum absolute atomic E-state index is 0.673. The third-order valence-electron chi connectivity index (χ3n) is 5.30. The molecule has 0 unspecified atom stereocenters. The largest absolute Gasteiger partial charge is 0.357 e. The minimum Gasteiger partial charge on any atom is -0.357 e. The summed E-state index contributed by atoms with van der Waals surface area (Å²) < 4.78 is 2.08. The predicted octanol–water partition coefficient (Wildman–Crippen LogP) is 2.58. The van der Waals surface area contributed by atoms with Crippen LogP contribution < -0.4 is 10.6 Å². The molecule has 0 atom stereocenters. The number of likely N-dealkylation sites (tertiary alicyclic amines) is 1. The van der Waals surface area contributed by atoms with Gasteiger partial charge in [0.25, 0.3) is 0 Å². The summed E-state index contributed by atoms with van der Waals surface area (Å²) in [5, 5.41) is 14.8. The number of aliphatic imine (C=N–C) groups is 1. The Hall–Kier alpha value is -2.41. The van der Waals surface area contributed by atoms with E-state index >= 15 is 0 Å². The molecule has 2 N–H and O–H groups in total. The highest BCUT2D eigenvalue weighted by Gasteiger charge is 2.10. The molecule has 29 heavy (non-hydrogen) atoms. The van der Waals surface area contributed by atoms with E-state index < -0.39 is 0 Å². The Balaban J connectivity index is 1.48. The van der Waals surface area contributed by atoms with Crippen molar-refractivity contribution in [3.05, 3.63) is 47.5 Å². The van der Waals surface area contributed by atoms with Crippen LogP contribution in [0, 0.1) is 0 Å². The van der Waals surface area contributed by atoms with E-state index in [1.165, 1.54) is 43.5 Å². The molecule has 1 fully saturated rings. The first-order valence-electron chi connectivity index (χ1n) is 11.0. The molecule has 0 saturated carbocycles. The lowest BCUT2D eigenvalue weighted by atomic mass is 10.1. The van der Waals surface area contributed by atoms with E-state index in [1.54, 1.807) is 6.33 Å². The second kappa shape index (κ2) is 11.6. The van der Waals surface area contributed by atoms with Gasteiger partial charge in [-0.3, -0.25) is 4.90 Å². The maximum absolute atomic E-state index is 4.73. The third kappa shape index (κ3) is 6.85. The molecule has 3 rings (SSSR count). The highest BCUT2D eigenvalue weighted by molar-refractivity contribution is 5.79. The van der Waals surface area contributed by atoms with Crippen molar-refractivity contribution in [1.82, 2.24) is 30.3 Å². The first-order chi connectivity index (χ1) is 14.3. The third-order valence-corrected chi connectivity index (χ3v) is 5.30. The Bertz CT molecular complexity index is 745. The van der Waals surface area contributed by atoms with E-state index in [0.29, 0.717) is 6.54 Å². The van der Waals surface area contributed by atoms with E-state index in [9.17, 15) is 0 Å². The van der Waals surface area contributed by atoms with Crippen LogP contribution in [0.3, 0.4) is 0 Å². The number of nitrogens with zero attached hydrogens (tertiary/aromatic N) is 5. The smallest absolute Gasteiger partial charge is 0.191 e. The maximum atomic E-state index is 4.73. The lowest BCUT2D eigenvalue weighted by Crippen LogP contribution is -2.38. The van der Waals surface area contributed by atoms with Gasteiger partial charge in [-0.1, -0.05) is 37.6 Å². The van der Waals surface area contributed by atoms with Gasteiger partial charge in [0.05, 0.1) is 6.54 Å². The second-order valence-electron chi connectivity index (χ2n) is 7.57. The van der Waals surface area contributed by atoms with Crippen molar-refractivity contribution < 1.29 is 0 Å². The highest BCUT2D eigenvalue weighted by Crippen LogP contribution is 2.14. The van der Waals surface area contributed by atoms with Crippen molar-refractivity contribution in [2.75, 3.05) is 26.2 Å². The number of rotatable bonds is 9. The summed E-state index contributed by atoms with van der Waals surface area (Å²) in [6.45, 7) is 10.8. The lowest BCUT2D eigenvalue weighted by molar-refractivity contribution is 0.221. The highest BCUT2D eigenvalue weighted by atomic mass is 15.3. The Morgan fingerprint density at radius 2 is 1.79 bits per heavy atom. The van der Waals surface area contributed by atoms with Gasteiger partial charge in [0.15, 0.2) is 5.96 Å². The zero-order valence-corrected chi connectivity index (χ0v) is 17.9. The molecule has 1 aromatic heterocycles. The molecule has 1 aromatic carbocycles. The number of hydrogen-bond donors (Lipinski definition) is 2. The van der Waals surface area contributed by atoms with Crippen LogP contribution in [0.1, 0.15) is 50.1 Å². The van der Waals surface area contributed by atoms with Gasteiger partial charge in [0, 0.05) is 32.6 Å². The van der Waals surface area contributed by atoms with Crippen LogP contribution in [-0.4, -0.2) is 51.8 Å². The Kier molecular flexibility index (Phi) is 8.49. The molecule has 1 saturated heterocycles. The van der Waals surface area contributed by atoms with Crippen LogP contribution in [0.2, 0.25) is 0 Å². The molecule has 0 spiro atoms. The topological polar surface area (TPSA) is 70.4 Å². The molecular formula is C22H35N7. The van der Waals surface area contributed by atoms with Crippen LogP contribution in [0.5, 0.6) is 0 Å². The molecule has 0 radical (unpaired) electrons. The zero-order valence-electron chi connectivity index (χ0n) is 17.9. The molecule has 1 aliphatic rings. The lowest BCUT2D eigenvalue weighted by Gasteiger charge is -2.26. The maximum Gasteiger partial charge on any atom is 0.191 e. The van der Waals surface area contributed by atoms with Crippen molar-refractivity contribution in [3.63, 3.8) is 0 Å². The van der Waals surface area contributed by atoms with Gasteiger partial charge in [-0.15, -0.1) is 10.2 Å². The van der Waals surface area contributed by atoms with Gasteiger partial charge in [0.1, 0.15) is 12.2 Å². The van der Waals surface area contributed by atoms with E-state index in [4.69, 9.17) is 4.99 Å². The number of aromatic nitrogens is 3. The first-order valence-corrected chi connectivity index (χ1v) is 11.0. The Morgan fingerprint density at radius 3 is 2.52 bits per heavy atom. The van der Waals surface area contributed by atoms with Gasteiger partial charge in [-0.05, 0) is 44.0 Å². The zero-order chi connectivity index (χ0) is 20.3. The van der Waals surface area contributed by atoms with Crippen LogP contribution in [0.15, 0.2) is 35.6 Å². The molecule has 2 heterocycles. The van der Waals surface area contributed by atoms with Crippen molar-refractivity contribution in [1.29, 1.82) is 0 Å². The standard InChI is InChI=1S/C22H35N7/c1-3-21-27-26-18-29(21)15-12-24-22(23-4-2)25-16-19-8-10-20(11-9-19)17-28-13-6-5-7-14-28/h8-11,18H,3-7,12-17H2,1-2H3,(H2,23,24,25). The Labute approximate surface area is 174 Å². The summed E-state index contributed by atoms with van der Waals surface area (Å²) in [5.41, 5.74) is 2.63. The number of aryl methyl sites for hydroxylation is 1. The van der Waals surface area contributed by atoms with E-state index in [1.807, 2.05) is 0 Å². The van der Waals surface area contributed by atoms with Gasteiger partial charge in [0.2, 0.25) is 0 Å². The monoisotopic (exact) mass is 397 g/mol. The normalized spacial score (nSPS) is 15.4. The summed E-state index contributed by atoms with van der Waals surface area (Å²) >= 11 is 0. The van der Waals surface area contributed by atoms with Crippen molar-refractivity contribution in [3.8, 4) is 0 Å². The summed E-state index contributed by atoms with van der Waals surface area (Å²) in [6.07, 6.45) is 6.74. The Morgan fingerprint density at radius 1 is 1.03 bits per heavy atom. The van der Waals surface area contributed by atoms with Gasteiger partial charge >= 0.3 is 0 Å². The van der Waals surface area contributed by atoms with Crippen LogP contribution >= 0.6 is 0 Å². The molecular weight excluding hydrogens is 362 g/mol. The van der Waals surface area contributed by atoms with Crippen molar-refractivity contribution >= 4 is 5.96 Å². The molecule has 7 nitrogen and oxygen atoms in total.